The van der Waals surface area contributed by atoms with Crippen LogP contribution < -0.4 is 5.73 Å². The normalized spacial score (nSPS) is 16.4. The third kappa shape index (κ3) is 2.42. The Morgan fingerprint density at radius 3 is 1.68 bits per heavy atom. The van der Waals surface area contributed by atoms with Gasteiger partial charge in [-0.2, -0.15) is 0 Å². The standard InChI is InChI=1S/C12H21NO6/c1-4-7(8(14)15)12(19,10(17)18)11(5-2,6-3)9(13)16/h7,19H,4-6H2,1-3H3,(H2,13,16)(H,14,15)(H,17,18). The fourth-order valence-electron chi connectivity index (χ4n) is 2.66. The maximum Gasteiger partial charge on any atom is 0.337 e. The largest absolute Gasteiger partial charge is 0.481 e. The van der Waals surface area contributed by atoms with Gasteiger partial charge in [0, 0.05) is 0 Å². The van der Waals surface area contributed by atoms with Gasteiger partial charge in [0.1, 0.15) is 0 Å². The molecule has 2 unspecified atom stereocenters. The fourth-order valence-corrected chi connectivity index (χ4v) is 2.66. The van der Waals surface area contributed by atoms with Gasteiger partial charge in [-0.3, -0.25) is 9.59 Å². The zero-order valence-corrected chi connectivity index (χ0v) is 11.3. The highest BCUT2D eigenvalue weighted by Gasteiger charge is 2.63. The molecule has 7 heteroatoms. The molecule has 0 aliphatic carbocycles. The van der Waals surface area contributed by atoms with E-state index in [1.54, 1.807) is 0 Å². The molecule has 0 aromatic rings. The van der Waals surface area contributed by atoms with Crippen molar-refractivity contribution in [2.45, 2.75) is 45.6 Å². The van der Waals surface area contributed by atoms with E-state index in [0.717, 1.165) is 0 Å². The Labute approximate surface area is 111 Å². The van der Waals surface area contributed by atoms with Gasteiger partial charge in [0.2, 0.25) is 5.91 Å². The first kappa shape index (κ1) is 17.4. The summed E-state index contributed by atoms with van der Waals surface area (Å²) < 4.78 is 0. The number of aliphatic carboxylic acids is 2. The number of carbonyl (C=O) groups is 3. The van der Waals surface area contributed by atoms with E-state index in [0.29, 0.717) is 0 Å². The average Bonchev–Trinajstić information content (AvgIpc) is 2.30. The van der Waals surface area contributed by atoms with Crippen molar-refractivity contribution in [2.75, 3.05) is 0 Å². The summed E-state index contributed by atoms with van der Waals surface area (Å²) in [6.07, 6.45) is -0.260. The summed E-state index contributed by atoms with van der Waals surface area (Å²) in [7, 11) is 0. The van der Waals surface area contributed by atoms with Crippen LogP contribution in [0.2, 0.25) is 0 Å². The molecule has 110 valence electrons. The van der Waals surface area contributed by atoms with Crippen LogP contribution in [0.15, 0.2) is 0 Å². The second-order valence-electron chi connectivity index (χ2n) is 4.52. The number of carbonyl (C=O) groups excluding carboxylic acids is 1. The van der Waals surface area contributed by atoms with Gasteiger partial charge >= 0.3 is 11.9 Å². The highest BCUT2D eigenvalue weighted by Crippen LogP contribution is 2.44. The summed E-state index contributed by atoms with van der Waals surface area (Å²) in [5.74, 6) is -5.84. The van der Waals surface area contributed by atoms with Gasteiger partial charge in [-0.1, -0.05) is 20.8 Å². The van der Waals surface area contributed by atoms with E-state index in [4.69, 9.17) is 10.8 Å². The SMILES string of the molecule is CCC(C(=O)O)C(O)(C(=O)O)C(CC)(CC)C(N)=O. The van der Waals surface area contributed by atoms with Gasteiger partial charge in [0.15, 0.2) is 5.60 Å². The molecule has 0 spiro atoms. The number of carboxylic acids is 2. The molecule has 2 atom stereocenters. The highest BCUT2D eigenvalue weighted by atomic mass is 16.4. The molecule has 0 aliphatic heterocycles. The van der Waals surface area contributed by atoms with Crippen LogP contribution in [0.1, 0.15) is 40.0 Å². The molecule has 1 amide bonds. The van der Waals surface area contributed by atoms with Crippen LogP contribution >= 0.6 is 0 Å². The van der Waals surface area contributed by atoms with Crippen molar-refractivity contribution in [3.05, 3.63) is 0 Å². The number of primary amides is 1. The molecule has 0 fully saturated rings. The monoisotopic (exact) mass is 275 g/mol. The number of hydrogen-bond acceptors (Lipinski definition) is 4. The molecule has 0 aliphatic rings. The summed E-state index contributed by atoms with van der Waals surface area (Å²) in [5.41, 5.74) is 0.699. The van der Waals surface area contributed by atoms with Crippen LogP contribution in [0.3, 0.4) is 0 Å². The van der Waals surface area contributed by atoms with E-state index in [-0.39, 0.29) is 19.3 Å². The summed E-state index contributed by atoms with van der Waals surface area (Å²) in [6, 6.07) is 0. The minimum atomic E-state index is -2.73. The van der Waals surface area contributed by atoms with E-state index in [9.17, 15) is 24.6 Å². The van der Waals surface area contributed by atoms with Crippen molar-refractivity contribution < 1.29 is 29.7 Å². The Morgan fingerprint density at radius 1 is 1.11 bits per heavy atom. The molecule has 0 heterocycles. The second-order valence-corrected chi connectivity index (χ2v) is 4.52. The smallest absolute Gasteiger partial charge is 0.337 e. The molecule has 7 nitrogen and oxygen atoms in total. The number of nitrogens with two attached hydrogens (primary N) is 1. The third-order valence-electron chi connectivity index (χ3n) is 3.95. The first-order valence-corrected chi connectivity index (χ1v) is 6.14. The number of carboxylic acid groups (broad SMARTS) is 2. The van der Waals surface area contributed by atoms with Crippen molar-refractivity contribution >= 4 is 17.8 Å². The van der Waals surface area contributed by atoms with Crippen LogP contribution in [-0.4, -0.2) is 38.8 Å². The first-order valence-electron chi connectivity index (χ1n) is 6.14. The summed E-state index contributed by atoms with van der Waals surface area (Å²) in [4.78, 5) is 34.4. The Kier molecular flexibility index (Phi) is 5.49. The van der Waals surface area contributed by atoms with E-state index in [1.165, 1.54) is 20.8 Å². The van der Waals surface area contributed by atoms with Gasteiger partial charge < -0.3 is 21.1 Å². The van der Waals surface area contributed by atoms with Gasteiger partial charge in [-0.05, 0) is 19.3 Å². The molecule has 0 aromatic carbocycles. The first-order chi connectivity index (χ1) is 8.65. The molecular weight excluding hydrogens is 254 g/mol. The van der Waals surface area contributed by atoms with Crippen molar-refractivity contribution in [1.82, 2.24) is 0 Å². The molecule has 0 bridgehead atoms. The van der Waals surface area contributed by atoms with Gasteiger partial charge in [-0.25, -0.2) is 4.79 Å². The Morgan fingerprint density at radius 2 is 1.53 bits per heavy atom. The topological polar surface area (TPSA) is 138 Å². The molecule has 0 aromatic heterocycles. The number of hydrogen-bond donors (Lipinski definition) is 4. The van der Waals surface area contributed by atoms with Crippen LogP contribution in [0, 0.1) is 11.3 Å². The minimum Gasteiger partial charge on any atom is -0.481 e. The summed E-state index contributed by atoms with van der Waals surface area (Å²) in [6.45, 7) is 4.43. The number of rotatable bonds is 8. The predicted molar refractivity (Wildman–Crippen MR) is 66.2 cm³/mol. The zero-order valence-electron chi connectivity index (χ0n) is 11.3. The molecule has 0 saturated carbocycles. The van der Waals surface area contributed by atoms with Gasteiger partial charge in [-0.15, -0.1) is 0 Å². The van der Waals surface area contributed by atoms with Crippen LogP contribution in [0.4, 0.5) is 0 Å². The quantitative estimate of drug-likeness (QED) is 0.499. The lowest BCUT2D eigenvalue weighted by molar-refractivity contribution is -0.198. The summed E-state index contributed by atoms with van der Waals surface area (Å²) in [5, 5.41) is 28.9. The van der Waals surface area contributed by atoms with Crippen molar-refractivity contribution in [3.63, 3.8) is 0 Å². The van der Waals surface area contributed by atoms with E-state index >= 15 is 0 Å². The number of amides is 1. The average molecular weight is 275 g/mol. The van der Waals surface area contributed by atoms with Gasteiger partial charge in [0.25, 0.3) is 0 Å². The van der Waals surface area contributed by atoms with E-state index < -0.39 is 34.8 Å². The van der Waals surface area contributed by atoms with Crippen molar-refractivity contribution in [1.29, 1.82) is 0 Å². The maximum absolute atomic E-state index is 11.7. The molecule has 0 rings (SSSR count). The molecular formula is C12H21NO6. The van der Waals surface area contributed by atoms with Crippen LogP contribution in [-0.2, 0) is 14.4 Å². The Balaban J connectivity index is 6.21. The fraction of sp³-hybridized carbons (Fsp3) is 0.750. The maximum atomic E-state index is 11.7. The molecule has 0 radical (unpaired) electrons. The minimum absolute atomic E-state index is 0.0641. The zero-order chi connectivity index (χ0) is 15.4. The lowest BCUT2D eigenvalue weighted by Crippen LogP contribution is -2.65. The highest BCUT2D eigenvalue weighted by molar-refractivity contribution is 5.95. The Hall–Kier alpha value is -1.63. The van der Waals surface area contributed by atoms with Gasteiger partial charge in [0.05, 0.1) is 11.3 Å². The van der Waals surface area contributed by atoms with Crippen LogP contribution in [0.25, 0.3) is 0 Å². The third-order valence-corrected chi connectivity index (χ3v) is 3.95. The second kappa shape index (κ2) is 6.01. The van der Waals surface area contributed by atoms with Crippen molar-refractivity contribution in [3.8, 4) is 0 Å². The molecule has 19 heavy (non-hydrogen) atoms. The summed E-state index contributed by atoms with van der Waals surface area (Å²) >= 11 is 0. The van der Waals surface area contributed by atoms with Crippen LogP contribution in [0.5, 0.6) is 0 Å². The predicted octanol–water partition coefficient (Wildman–Crippen LogP) is 0.205. The Bertz CT molecular complexity index is 376. The molecule has 5 N–H and O–H groups in total. The van der Waals surface area contributed by atoms with Crippen molar-refractivity contribution in [2.24, 2.45) is 17.1 Å². The van der Waals surface area contributed by atoms with E-state index in [2.05, 4.69) is 0 Å². The van der Waals surface area contributed by atoms with E-state index in [1.807, 2.05) is 0 Å². The molecule has 0 saturated heterocycles. The number of aliphatic hydroxyl groups is 1. The lowest BCUT2D eigenvalue weighted by Gasteiger charge is -2.44. The lowest BCUT2D eigenvalue weighted by atomic mass is 9.61.